The van der Waals surface area contributed by atoms with Crippen LogP contribution in [0.3, 0.4) is 0 Å². The van der Waals surface area contributed by atoms with Crippen LogP contribution in [0.25, 0.3) is 0 Å². The van der Waals surface area contributed by atoms with Gasteiger partial charge in [-0.3, -0.25) is 0 Å². The molecular weight excluding hydrogens is 356 g/mol. The van der Waals surface area contributed by atoms with E-state index in [0.29, 0.717) is 12.3 Å². The second kappa shape index (κ2) is 7.81. The Morgan fingerprint density at radius 3 is 2.71 bits per heavy atom. The Hall–Kier alpha value is -1.96. The molecule has 1 aliphatic heterocycles. The van der Waals surface area contributed by atoms with Crippen molar-refractivity contribution < 1.29 is 14.6 Å². The number of hydrogen-bond acceptors (Lipinski definition) is 7. The van der Waals surface area contributed by atoms with Crippen LogP contribution in [0.15, 0.2) is 22.7 Å². The van der Waals surface area contributed by atoms with E-state index in [4.69, 9.17) is 14.5 Å². The van der Waals surface area contributed by atoms with Crippen LogP contribution in [-0.4, -0.2) is 39.4 Å². The molecule has 4 rings (SSSR count). The largest absolute Gasteiger partial charge is 0.462 e. The van der Waals surface area contributed by atoms with Gasteiger partial charge in [-0.2, -0.15) is 0 Å². The van der Waals surface area contributed by atoms with Gasteiger partial charge < -0.3 is 24.8 Å². The molecule has 1 aliphatic carbocycles. The fourth-order valence-electron chi connectivity index (χ4n) is 4.26. The Balaban J connectivity index is 1.51. The minimum Gasteiger partial charge on any atom is -0.462 e. The zero-order valence-electron chi connectivity index (χ0n) is 16.7. The topological polar surface area (TPSA) is 94.7 Å². The van der Waals surface area contributed by atoms with Crippen LogP contribution >= 0.6 is 0 Å². The summed E-state index contributed by atoms with van der Waals surface area (Å²) < 4.78 is 5.60. The number of aliphatic hydroxyl groups excluding tert-OH is 2. The summed E-state index contributed by atoms with van der Waals surface area (Å²) in [6.07, 6.45) is 5.25. The van der Waals surface area contributed by atoms with Gasteiger partial charge >= 0.3 is 0 Å². The van der Waals surface area contributed by atoms with E-state index in [9.17, 15) is 5.11 Å². The first-order chi connectivity index (χ1) is 13.4. The third-order valence-electron chi connectivity index (χ3n) is 5.81. The van der Waals surface area contributed by atoms with Crippen molar-refractivity contribution in [3.05, 3.63) is 41.1 Å². The number of nitrogens with zero attached hydrogens (tertiary/aromatic N) is 3. The first-order valence-electron chi connectivity index (χ1n) is 10.1. The summed E-state index contributed by atoms with van der Waals surface area (Å²) in [6.45, 7) is 6.68. The van der Waals surface area contributed by atoms with E-state index < -0.39 is 0 Å². The van der Waals surface area contributed by atoms with E-state index in [1.165, 1.54) is 0 Å². The van der Waals surface area contributed by atoms with Crippen LogP contribution in [0.4, 0.5) is 5.95 Å². The van der Waals surface area contributed by atoms with Crippen LogP contribution in [0.5, 0.6) is 0 Å². The summed E-state index contributed by atoms with van der Waals surface area (Å²) >= 11 is 0. The molecule has 3 heterocycles. The van der Waals surface area contributed by atoms with Crippen LogP contribution in [0.2, 0.25) is 0 Å². The normalized spacial score (nSPS) is 22.3. The Morgan fingerprint density at radius 1 is 1.25 bits per heavy atom. The predicted octanol–water partition coefficient (Wildman–Crippen LogP) is 2.33. The van der Waals surface area contributed by atoms with Crippen LogP contribution in [0.1, 0.15) is 61.9 Å². The Kier molecular flexibility index (Phi) is 5.40. The molecule has 2 aromatic heterocycles. The lowest BCUT2D eigenvalue weighted by Crippen LogP contribution is -2.38. The number of nitrogens with one attached hydrogen (secondary N) is 1. The number of aromatic nitrogens is 2. The van der Waals surface area contributed by atoms with Crippen molar-refractivity contribution in [2.45, 2.75) is 64.8 Å². The summed E-state index contributed by atoms with van der Waals surface area (Å²) in [7, 11) is 0. The molecule has 28 heavy (non-hydrogen) atoms. The first-order valence-corrected chi connectivity index (χ1v) is 10.1. The van der Waals surface area contributed by atoms with Crippen LogP contribution in [-0.2, 0) is 19.6 Å². The van der Waals surface area contributed by atoms with Gasteiger partial charge in [0.15, 0.2) is 0 Å². The summed E-state index contributed by atoms with van der Waals surface area (Å²) in [5, 5.41) is 22.5. The van der Waals surface area contributed by atoms with Gasteiger partial charge in [-0.1, -0.05) is 13.8 Å². The zero-order valence-corrected chi connectivity index (χ0v) is 16.7. The molecule has 152 valence electrons. The molecule has 1 saturated heterocycles. The van der Waals surface area contributed by atoms with Gasteiger partial charge in [0.2, 0.25) is 5.95 Å². The minimum atomic E-state index is -0.200. The molecule has 0 spiro atoms. The highest BCUT2D eigenvalue weighted by Crippen LogP contribution is 2.40. The second-order valence-electron chi connectivity index (χ2n) is 8.79. The van der Waals surface area contributed by atoms with Gasteiger partial charge in [-0.15, -0.1) is 0 Å². The molecule has 7 heteroatoms. The van der Waals surface area contributed by atoms with E-state index in [0.717, 1.165) is 61.7 Å². The van der Waals surface area contributed by atoms with Crippen molar-refractivity contribution in [1.82, 2.24) is 15.3 Å². The highest BCUT2D eigenvalue weighted by atomic mass is 16.4. The number of furan rings is 1. The van der Waals surface area contributed by atoms with Crippen molar-refractivity contribution in [3.63, 3.8) is 0 Å². The number of piperidine rings is 1. The molecule has 1 atom stereocenters. The van der Waals surface area contributed by atoms with Gasteiger partial charge in [-0.05, 0) is 43.2 Å². The van der Waals surface area contributed by atoms with E-state index in [-0.39, 0.29) is 24.2 Å². The van der Waals surface area contributed by atoms with Gasteiger partial charge in [0.25, 0.3) is 0 Å². The molecule has 0 unspecified atom stereocenters. The Morgan fingerprint density at radius 2 is 2.00 bits per heavy atom. The molecular formula is C21H30N4O3. The maximum Gasteiger partial charge on any atom is 0.225 e. The lowest BCUT2D eigenvalue weighted by atomic mass is 9.74. The van der Waals surface area contributed by atoms with Gasteiger partial charge in [-0.25, -0.2) is 9.97 Å². The third-order valence-corrected chi connectivity index (χ3v) is 5.81. The van der Waals surface area contributed by atoms with Crippen molar-refractivity contribution in [3.8, 4) is 0 Å². The molecule has 2 aliphatic rings. The summed E-state index contributed by atoms with van der Waals surface area (Å²) in [5.74, 6) is 2.18. The maximum absolute atomic E-state index is 9.74. The average Bonchev–Trinajstić information content (AvgIpc) is 3.13. The van der Waals surface area contributed by atoms with Gasteiger partial charge in [0, 0.05) is 30.9 Å². The molecule has 1 fully saturated rings. The maximum atomic E-state index is 9.74. The van der Waals surface area contributed by atoms with E-state index in [2.05, 4.69) is 29.0 Å². The highest BCUT2D eigenvalue weighted by Gasteiger charge is 2.34. The van der Waals surface area contributed by atoms with Crippen LogP contribution in [0, 0.1) is 5.41 Å². The molecule has 0 saturated carbocycles. The highest BCUT2D eigenvalue weighted by molar-refractivity contribution is 5.37. The van der Waals surface area contributed by atoms with Crippen molar-refractivity contribution in [2.24, 2.45) is 5.41 Å². The molecule has 2 aromatic rings. The molecule has 0 radical (unpaired) electrons. The van der Waals surface area contributed by atoms with Crippen molar-refractivity contribution >= 4 is 5.95 Å². The fraction of sp³-hybridized carbons (Fsp3) is 0.619. The average molecular weight is 386 g/mol. The van der Waals surface area contributed by atoms with E-state index >= 15 is 0 Å². The molecule has 0 aromatic carbocycles. The second-order valence-corrected chi connectivity index (χ2v) is 8.79. The number of rotatable bonds is 5. The zero-order chi connectivity index (χ0) is 19.7. The number of aliphatic hydroxyl groups is 2. The monoisotopic (exact) mass is 386 g/mol. The molecule has 0 bridgehead atoms. The predicted molar refractivity (Wildman–Crippen MR) is 106 cm³/mol. The van der Waals surface area contributed by atoms with Crippen molar-refractivity contribution in [1.29, 1.82) is 0 Å². The quantitative estimate of drug-likeness (QED) is 0.726. The minimum absolute atomic E-state index is 0.0799. The standard InChI is InChI=1S/C21H30N4O3/c1-21(2)9-18(22-11-15-3-4-16(13-26)28-15)17-12-23-20(24-19(17)10-21)25-7-5-14(27)6-8-25/h3-4,12,14,18,22,26-27H,5-11,13H2,1-2H3/t18-/m1/s1. The van der Waals surface area contributed by atoms with Gasteiger partial charge in [0.05, 0.1) is 18.3 Å². The number of anilines is 1. The summed E-state index contributed by atoms with van der Waals surface area (Å²) in [5.41, 5.74) is 2.42. The lowest BCUT2D eigenvalue weighted by Gasteiger charge is -2.37. The molecule has 3 N–H and O–H groups in total. The van der Waals surface area contributed by atoms with Gasteiger partial charge in [0.1, 0.15) is 18.1 Å². The smallest absolute Gasteiger partial charge is 0.225 e. The number of hydrogen-bond donors (Lipinski definition) is 3. The lowest BCUT2D eigenvalue weighted by molar-refractivity contribution is 0.145. The Labute approximate surface area is 165 Å². The summed E-state index contributed by atoms with van der Waals surface area (Å²) in [6, 6.07) is 3.87. The molecule has 7 nitrogen and oxygen atoms in total. The fourth-order valence-corrected chi connectivity index (χ4v) is 4.26. The van der Waals surface area contributed by atoms with Crippen LogP contribution < -0.4 is 10.2 Å². The first kappa shape index (κ1) is 19.4. The SMILES string of the molecule is CC1(C)Cc2nc(N3CCC(O)CC3)ncc2[C@H](NCc2ccc(CO)o2)C1. The number of fused-ring (bicyclic) bond motifs is 1. The summed E-state index contributed by atoms with van der Waals surface area (Å²) in [4.78, 5) is 11.7. The van der Waals surface area contributed by atoms with E-state index in [1.54, 1.807) is 6.07 Å². The van der Waals surface area contributed by atoms with E-state index in [1.807, 2.05) is 12.3 Å². The Bertz CT molecular complexity index is 812. The molecule has 0 amide bonds. The van der Waals surface area contributed by atoms with Crippen molar-refractivity contribution in [2.75, 3.05) is 18.0 Å². The third kappa shape index (κ3) is 4.21.